The van der Waals surface area contributed by atoms with Crippen LogP contribution in [0.5, 0.6) is 23.0 Å². The van der Waals surface area contributed by atoms with Crippen LogP contribution in [0, 0.1) is 0 Å². The van der Waals surface area contributed by atoms with Gasteiger partial charge in [-0.25, -0.2) is 0 Å². The van der Waals surface area contributed by atoms with Gasteiger partial charge in [0.2, 0.25) is 16.9 Å². The van der Waals surface area contributed by atoms with Crippen molar-refractivity contribution >= 4 is 34.5 Å². The van der Waals surface area contributed by atoms with E-state index < -0.39 is 92.2 Å². The van der Waals surface area contributed by atoms with Gasteiger partial charge in [-0.2, -0.15) is 13.2 Å². The first-order chi connectivity index (χ1) is 18.3. The van der Waals surface area contributed by atoms with Gasteiger partial charge in [-0.15, -0.1) is 0 Å². The lowest BCUT2D eigenvalue weighted by Gasteiger charge is -2.26. The molecule has 3 bridgehead atoms. The van der Waals surface area contributed by atoms with Crippen molar-refractivity contribution in [3.05, 3.63) is 44.6 Å². The third-order valence-electron chi connectivity index (χ3n) is 6.88. The van der Waals surface area contributed by atoms with E-state index in [9.17, 15) is 42.9 Å². The maximum Gasteiger partial charge on any atom is 0.416 e. The first-order valence-electron chi connectivity index (χ1n) is 11.5. The molecule has 0 unspecified atom stereocenters. The molecule has 3 heterocycles. The Balaban J connectivity index is 1.91. The van der Waals surface area contributed by atoms with E-state index in [2.05, 4.69) is 0 Å². The Kier molecular flexibility index (Phi) is 6.48. The summed E-state index contributed by atoms with van der Waals surface area (Å²) in [4.78, 5) is 40.3. The van der Waals surface area contributed by atoms with Crippen molar-refractivity contribution in [3.8, 4) is 34.3 Å². The molecule has 1 fully saturated rings. The van der Waals surface area contributed by atoms with Crippen LogP contribution >= 0.6 is 11.6 Å². The number of carbonyl (C=O) groups excluding carboxylic acids is 2. The SMILES string of the molecule is CN1CC[C@@H](c2c(O)c3c(O)c4c(=O)c(c(-c5ccc(C(F)(F)F)cc5Cl)oc24)OC(=O)CC(=O)O3)[C@@H]1CO. The summed E-state index contributed by atoms with van der Waals surface area (Å²) in [5.74, 6) is -7.19. The Morgan fingerprint density at radius 1 is 1.08 bits per heavy atom. The highest BCUT2D eigenvalue weighted by Gasteiger charge is 2.40. The topological polar surface area (TPSA) is 147 Å². The molecule has 206 valence electrons. The molecule has 10 nitrogen and oxygen atoms in total. The lowest BCUT2D eigenvalue weighted by molar-refractivity contribution is -0.144. The summed E-state index contributed by atoms with van der Waals surface area (Å²) < 4.78 is 55.8. The number of likely N-dealkylation sites (N-methyl/N-ethyl adjacent to an activating group) is 1. The zero-order chi connectivity index (χ0) is 28.4. The van der Waals surface area contributed by atoms with Crippen molar-refractivity contribution in [3.63, 3.8) is 0 Å². The number of phenols is 2. The van der Waals surface area contributed by atoms with Crippen molar-refractivity contribution in [2.75, 3.05) is 20.2 Å². The van der Waals surface area contributed by atoms with Gasteiger partial charge >= 0.3 is 18.1 Å². The van der Waals surface area contributed by atoms with Crippen LogP contribution in [0.3, 0.4) is 0 Å². The molecule has 2 aliphatic heterocycles. The molecule has 5 rings (SSSR count). The van der Waals surface area contributed by atoms with Crippen LogP contribution in [0.4, 0.5) is 13.2 Å². The minimum Gasteiger partial charge on any atom is -0.504 e. The van der Waals surface area contributed by atoms with E-state index in [-0.39, 0.29) is 17.7 Å². The van der Waals surface area contributed by atoms with Crippen molar-refractivity contribution in [2.45, 2.75) is 31.0 Å². The minimum atomic E-state index is -4.74. The van der Waals surface area contributed by atoms with Crippen molar-refractivity contribution < 1.29 is 52.0 Å². The van der Waals surface area contributed by atoms with Gasteiger partial charge in [0.05, 0.1) is 17.2 Å². The van der Waals surface area contributed by atoms with Gasteiger partial charge in [0.15, 0.2) is 17.3 Å². The number of aliphatic hydroxyl groups is 1. The van der Waals surface area contributed by atoms with Crippen LogP contribution in [0.2, 0.25) is 5.02 Å². The van der Waals surface area contributed by atoms with Crippen LogP contribution in [-0.4, -0.2) is 58.4 Å². The molecular formula is C25H19ClF3NO9. The maximum absolute atomic E-state index is 13.7. The normalized spacial score (nSPS) is 20.1. The highest BCUT2D eigenvalue weighted by atomic mass is 35.5. The third-order valence-corrected chi connectivity index (χ3v) is 7.19. The second-order valence-corrected chi connectivity index (χ2v) is 9.58. The van der Waals surface area contributed by atoms with Gasteiger partial charge < -0.3 is 34.1 Å². The van der Waals surface area contributed by atoms with Crippen molar-refractivity contribution in [2.24, 2.45) is 0 Å². The quantitative estimate of drug-likeness (QED) is 0.243. The summed E-state index contributed by atoms with van der Waals surface area (Å²) in [6, 6.07) is 1.56. The molecule has 0 spiro atoms. The number of alkyl halides is 3. The zero-order valence-corrected chi connectivity index (χ0v) is 20.7. The predicted molar refractivity (Wildman–Crippen MR) is 128 cm³/mol. The smallest absolute Gasteiger partial charge is 0.416 e. The number of benzene rings is 2. The van der Waals surface area contributed by atoms with E-state index in [1.165, 1.54) is 0 Å². The molecule has 0 amide bonds. The molecular weight excluding hydrogens is 551 g/mol. The van der Waals surface area contributed by atoms with Gasteiger partial charge in [0.1, 0.15) is 17.4 Å². The second-order valence-electron chi connectivity index (χ2n) is 9.18. The summed E-state index contributed by atoms with van der Waals surface area (Å²) in [7, 11) is 1.71. The Bertz CT molecular complexity index is 1600. The van der Waals surface area contributed by atoms with E-state index in [0.29, 0.717) is 25.1 Å². The van der Waals surface area contributed by atoms with Gasteiger partial charge in [-0.1, -0.05) is 11.6 Å². The lowest BCUT2D eigenvalue weighted by atomic mass is 9.88. The number of aromatic hydroxyl groups is 2. The predicted octanol–water partition coefficient (Wildman–Crippen LogP) is 3.54. The zero-order valence-electron chi connectivity index (χ0n) is 20.0. The number of phenolic OH excluding ortho intramolecular Hbond substituents is 2. The highest BCUT2D eigenvalue weighted by Crippen LogP contribution is 2.52. The number of likely N-dealkylation sites (tertiary alicyclic amines) is 1. The van der Waals surface area contributed by atoms with Crippen molar-refractivity contribution in [1.82, 2.24) is 4.90 Å². The molecule has 2 aliphatic rings. The number of aliphatic hydroxyl groups excluding tert-OH is 1. The fourth-order valence-electron chi connectivity index (χ4n) is 4.99. The monoisotopic (exact) mass is 569 g/mol. The maximum atomic E-state index is 13.7. The molecule has 2 aromatic carbocycles. The number of fused-ring (bicyclic) bond motifs is 2. The molecule has 39 heavy (non-hydrogen) atoms. The Hall–Kier alpha value is -3.81. The molecule has 14 heteroatoms. The Morgan fingerprint density at radius 2 is 1.74 bits per heavy atom. The van der Waals surface area contributed by atoms with Crippen LogP contribution in [-0.2, 0) is 15.8 Å². The number of halogens is 4. The lowest BCUT2D eigenvalue weighted by Crippen LogP contribution is -2.32. The average molecular weight is 570 g/mol. The fraction of sp³-hybridized carbons (Fsp3) is 0.320. The number of nitrogens with zero attached hydrogens (tertiary/aromatic N) is 1. The molecule has 3 N–H and O–H groups in total. The molecule has 0 radical (unpaired) electrons. The first-order valence-corrected chi connectivity index (χ1v) is 11.9. The third kappa shape index (κ3) is 4.36. The second kappa shape index (κ2) is 9.43. The Morgan fingerprint density at radius 3 is 2.36 bits per heavy atom. The standard InChI is InChI=1S/C25H19ClF3NO9/c1-30-5-4-11(13(30)8-31)16-18(34)23-19(35)17-20(36)24(38-15(33)7-14(32)37-23)21(39-22(16)17)10-3-2-9(6-12(10)26)25(27,28)29/h2-3,6,11,13,31,34-35H,4-5,7-8H2,1H3/t11-,13+/m1/s1. The molecule has 1 saturated heterocycles. The van der Waals surface area contributed by atoms with Crippen LogP contribution in [0.1, 0.15) is 29.9 Å². The molecule has 0 aliphatic carbocycles. The fourth-order valence-corrected chi connectivity index (χ4v) is 5.26. The Labute approximate surface area is 221 Å². The molecule has 1 aromatic heterocycles. The summed E-state index contributed by atoms with van der Waals surface area (Å²) in [5, 5.41) is 31.0. The summed E-state index contributed by atoms with van der Waals surface area (Å²) in [6.45, 7) is 0.0694. The molecule has 2 atom stereocenters. The van der Waals surface area contributed by atoms with Crippen LogP contribution in [0.15, 0.2) is 27.4 Å². The van der Waals surface area contributed by atoms with Gasteiger partial charge in [0.25, 0.3) is 0 Å². The number of carbonyl (C=O) groups is 2. The summed E-state index contributed by atoms with van der Waals surface area (Å²) in [5.41, 5.74) is -3.04. The van der Waals surface area contributed by atoms with Crippen molar-refractivity contribution in [1.29, 1.82) is 0 Å². The average Bonchev–Trinajstić information content (AvgIpc) is 3.21. The van der Waals surface area contributed by atoms with Gasteiger partial charge in [-0.05, 0) is 38.2 Å². The number of hydrogen-bond acceptors (Lipinski definition) is 10. The number of rotatable bonds is 3. The summed E-state index contributed by atoms with van der Waals surface area (Å²) in [6.07, 6.45) is -5.46. The largest absolute Gasteiger partial charge is 0.504 e. The molecule has 0 saturated carbocycles. The van der Waals surface area contributed by atoms with Crippen LogP contribution < -0.4 is 14.9 Å². The number of ether oxygens (including phenoxy) is 2. The molecule has 3 aromatic rings. The van der Waals surface area contributed by atoms with E-state index in [0.717, 1.165) is 6.07 Å². The van der Waals surface area contributed by atoms with Gasteiger partial charge in [-0.3, -0.25) is 14.4 Å². The first kappa shape index (κ1) is 26.8. The van der Waals surface area contributed by atoms with E-state index in [4.69, 9.17) is 25.5 Å². The highest BCUT2D eigenvalue weighted by molar-refractivity contribution is 6.33. The van der Waals surface area contributed by atoms with E-state index >= 15 is 0 Å². The van der Waals surface area contributed by atoms with E-state index in [1.54, 1.807) is 11.9 Å². The summed E-state index contributed by atoms with van der Waals surface area (Å²) >= 11 is 6.15. The van der Waals surface area contributed by atoms with Crippen LogP contribution in [0.25, 0.3) is 22.3 Å². The van der Waals surface area contributed by atoms with E-state index in [1.807, 2.05) is 0 Å². The number of esters is 2. The number of hydrogen-bond donors (Lipinski definition) is 3. The minimum absolute atomic E-state index is 0.103. The van der Waals surface area contributed by atoms with Gasteiger partial charge in [0, 0.05) is 23.1 Å².